The fourth-order valence-electron chi connectivity index (χ4n) is 3.33. The molecule has 2 fully saturated rings. The molecule has 1 saturated heterocycles. The lowest BCUT2D eigenvalue weighted by molar-refractivity contribution is -0.130. The van der Waals surface area contributed by atoms with Crippen LogP contribution in [-0.4, -0.2) is 46.0 Å². The van der Waals surface area contributed by atoms with Crippen LogP contribution in [0.3, 0.4) is 0 Å². The molecule has 2 aliphatic rings. The number of aromatic nitrogens is 3. The Morgan fingerprint density at radius 3 is 3.04 bits per heavy atom. The molecule has 0 bridgehead atoms. The van der Waals surface area contributed by atoms with Crippen molar-refractivity contribution in [1.29, 1.82) is 0 Å². The van der Waals surface area contributed by atoms with Gasteiger partial charge in [0.2, 0.25) is 5.91 Å². The van der Waals surface area contributed by atoms with Crippen LogP contribution in [0.25, 0.3) is 0 Å². The SMILES string of the molecule is Cc1ccc(O[C@H]2CCOC[C@H]2NC(=O)C2(Cn3cccn3)CC2)cn1. The van der Waals surface area contributed by atoms with E-state index in [1.807, 2.05) is 36.0 Å². The van der Waals surface area contributed by atoms with Crippen LogP contribution in [0.1, 0.15) is 25.0 Å². The highest BCUT2D eigenvalue weighted by molar-refractivity contribution is 5.85. The Morgan fingerprint density at radius 2 is 2.35 bits per heavy atom. The van der Waals surface area contributed by atoms with Crippen LogP contribution < -0.4 is 10.1 Å². The summed E-state index contributed by atoms with van der Waals surface area (Å²) in [5, 5.41) is 7.39. The van der Waals surface area contributed by atoms with Gasteiger partial charge in [0.15, 0.2) is 0 Å². The molecular formula is C19H24N4O3. The average Bonchev–Trinajstić information content (AvgIpc) is 3.25. The number of rotatable bonds is 6. The van der Waals surface area contributed by atoms with Gasteiger partial charge in [0.25, 0.3) is 0 Å². The quantitative estimate of drug-likeness (QED) is 0.853. The third-order valence-corrected chi connectivity index (χ3v) is 5.14. The van der Waals surface area contributed by atoms with Gasteiger partial charge in [-0.2, -0.15) is 5.10 Å². The van der Waals surface area contributed by atoms with Gasteiger partial charge in [0, 0.05) is 24.5 Å². The number of aryl methyl sites for hydroxylation is 1. The van der Waals surface area contributed by atoms with Crippen LogP contribution in [0.15, 0.2) is 36.8 Å². The predicted octanol–water partition coefficient (Wildman–Crippen LogP) is 1.72. The largest absolute Gasteiger partial charge is 0.486 e. The lowest BCUT2D eigenvalue weighted by Crippen LogP contribution is -2.53. The van der Waals surface area contributed by atoms with Crippen molar-refractivity contribution in [3.63, 3.8) is 0 Å². The molecule has 26 heavy (non-hydrogen) atoms. The summed E-state index contributed by atoms with van der Waals surface area (Å²) in [4.78, 5) is 17.2. The molecule has 2 aromatic rings. The van der Waals surface area contributed by atoms with Gasteiger partial charge in [0.1, 0.15) is 11.9 Å². The van der Waals surface area contributed by atoms with E-state index < -0.39 is 0 Å². The summed E-state index contributed by atoms with van der Waals surface area (Å²) in [6, 6.07) is 5.55. The van der Waals surface area contributed by atoms with Crippen LogP contribution in [0.5, 0.6) is 5.75 Å². The first-order chi connectivity index (χ1) is 12.6. The number of carbonyl (C=O) groups is 1. The molecule has 138 valence electrons. The second-order valence-corrected chi connectivity index (χ2v) is 7.22. The zero-order chi connectivity index (χ0) is 18.0. The first-order valence-corrected chi connectivity index (χ1v) is 9.10. The maximum Gasteiger partial charge on any atom is 0.228 e. The van der Waals surface area contributed by atoms with Crippen molar-refractivity contribution in [3.05, 3.63) is 42.5 Å². The van der Waals surface area contributed by atoms with E-state index >= 15 is 0 Å². The average molecular weight is 356 g/mol. The van der Waals surface area contributed by atoms with Crippen molar-refractivity contribution in [2.45, 2.75) is 44.9 Å². The monoisotopic (exact) mass is 356 g/mol. The molecule has 4 rings (SSSR count). The van der Waals surface area contributed by atoms with E-state index in [2.05, 4.69) is 15.4 Å². The zero-order valence-electron chi connectivity index (χ0n) is 14.9. The van der Waals surface area contributed by atoms with Crippen molar-refractivity contribution in [1.82, 2.24) is 20.1 Å². The molecule has 1 aliphatic carbocycles. The minimum atomic E-state index is -0.348. The molecule has 0 unspecified atom stereocenters. The summed E-state index contributed by atoms with van der Waals surface area (Å²) in [7, 11) is 0. The number of pyridine rings is 1. The molecule has 7 heteroatoms. The van der Waals surface area contributed by atoms with E-state index in [4.69, 9.17) is 9.47 Å². The highest BCUT2D eigenvalue weighted by atomic mass is 16.5. The Balaban J connectivity index is 1.40. The summed E-state index contributed by atoms with van der Waals surface area (Å²) < 4.78 is 13.5. The molecule has 7 nitrogen and oxygen atoms in total. The molecule has 1 aliphatic heterocycles. The van der Waals surface area contributed by atoms with E-state index in [9.17, 15) is 4.79 Å². The Kier molecular flexibility index (Phi) is 4.63. The minimum Gasteiger partial charge on any atom is -0.486 e. The predicted molar refractivity (Wildman–Crippen MR) is 94.7 cm³/mol. The summed E-state index contributed by atoms with van der Waals surface area (Å²) in [5.74, 6) is 0.790. The van der Waals surface area contributed by atoms with Crippen molar-refractivity contribution in [2.24, 2.45) is 5.41 Å². The number of carbonyl (C=O) groups excluding carboxylic acids is 1. The molecule has 3 heterocycles. The molecule has 1 amide bonds. The lowest BCUT2D eigenvalue weighted by atomic mass is 10.0. The topological polar surface area (TPSA) is 78.3 Å². The van der Waals surface area contributed by atoms with Gasteiger partial charge in [-0.3, -0.25) is 14.5 Å². The highest BCUT2D eigenvalue weighted by Gasteiger charge is 2.51. The van der Waals surface area contributed by atoms with E-state index in [1.54, 1.807) is 12.4 Å². The van der Waals surface area contributed by atoms with Gasteiger partial charge in [-0.15, -0.1) is 0 Å². The molecule has 1 N–H and O–H groups in total. The van der Waals surface area contributed by atoms with Crippen molar-refractivity contribution >= 4 is 5.91 Å². The van der Waals surface area contributed by atoms with E-state index in [0.717, 1.165) is 30.7 Å². The Morgan fingerprint density at radius 1 is 1.46 bits per heavy atom. The van der Waals surface area contributed by atoms with Crippen LogP contribution in [0.4, 0.5) is 0 Å². The molecule has 1 saturated carbocycles. The molecule has 0 spiro atoms. The van der Waals surface area contributed by atoms with Gasteiger partial charge in [-0.25, -0.2) is 0 Å². The summed E-state index contributed by atoms with van der Waals surface area (Å²) in [6.07, 6.45) is 7.77. The number of hydrogen-bond donors (Lipinski definition) is 1. The van der Waals surface area contributed by atoms with Gasteiger partial charge < -0.3 is 14.8 Å². The Bertz CT molecular complexity index is 741. The highest BCUT2D eigenvalue weighted by Crippen LogP contribution is 2.47. The second-order valence-electron chi connectivity index (χ2n) is 7.22. The smallest absolute Gasteiger partial charge is 0.228 e. The van der Waals surface area contributed by atoms with E-state index in [1.165, 1.54) is 0 Å². The van der Waals surface area contributed by atoms with Crippen molar-refractivity contribution < 1.29 is 14.3 Å². The molecule has 0 radical (unpaired) electrons. The van der Waals surface area contributed by atoms with Gasteiger partial charge >= 0.3 is 0 Å². The van der Waals surface area contributed by atoms with Crippen LogP contribution in [0, 0.1) is 12.3 Å². The fourth-order valence-corrected chi connectivity index (χ4v) is 3.33. The summed E-state index contributed by atoms with van der Waals surface area (Å²) >= 11 is 0. The number of nitrogens with one attached hydrogen (secondary N) is 1. The Hall–Kier alpha value is -2.41. The molecular weight excluding hydrogens is 332 g/mol. The maximum absolute atomic E-state index is 12.9. The normalized spacial score (nSPS) is 24.0. The maximum atomic E-state index is 12.9. The minimum absolute atomic E-state index is 0.0686. The van der Waals surface area contributed by atoms with Crippen LogP contribution in [-0.2, 0) is 16.1 Å². The van der Waals surface area contributed by atoms with Crippen molar-refractivity contribution in [2.75, 3.05) is 13.2 Å². The first kappa shape index (κ1) is 17.0. The standard InChI is InChI=1S/C19H24N4O3/c1-14-3-4-15(11-20-14)26-17-5-10-25-12-16(17)22-18(24)19(6-7-19)13-23-9-2-8-21-23/h2-4,8-9,11,16-17H,5-7,10,12-13H2,1H3,(H,22,24)/t16-,17+/m1/s1. The number of hydrogen-bond acceptors (Lipinski definition) is 5. The van der Waals surface area contributed by atoms with E-state index in [0.29, 0.717) is 19.8 Å². The third kappa shape index (κ3) is 3.72. The van der Waals surface area contributed by atoms with E-state index in [-0.39, 0.29) is 23.5 Å². The molecule has 2 atom stereocenters. The number of ether oxygens (including phenoxy) is 2. The van der Waals surface area contributed by atoms with Crippen molar-refractivity contribution in [3.8, 4) is 5.75 Å². The number of amides is 1. The van der Waals surface area contributed by atoms with Crippen LogP contribution >= 0.6 is 0 Å². The fraction of sp³-hybridized carbons (Fsp3) is 0.526. The van der Waals surface area contributed by atoms with Gasteiger partial charge in [-0.05, 0) is 38.0 Å². The third-order valence-electron chi connectivity index (χ3n) is 5.14. The number of nitrogens with zero attached hydrogens (tertiary/aromatic N) is 3. The zero-order valence-corrected chi connectivity index (χ0v) is 14.9. The van der Waals surface area contributed by atoms with Gasteiger partial charge in [0.05, 0.1) is 37.4 Å². The van der Waals surface area contributed by atoms with Crippen LogP contribution in [0.2, 0.25) is 0 Å². The Labute approximate surface area is 152 Å². The molecule has 0 aromatic carbocycles. The summed E-state index contributed by atoms with van der Waals surface area (Å²) in [5.41, 5.74) is 0.600. The first-order valence-electron chi connectivity index (χ1n) is 9.10. The summed E-state index contributed by atoms with van der Waals surface area (Å²) in [6.45, 7) is 3.66. The second kappa shape index (κ2) is 7.07. The molecule has 2 aromatic heterocycles. The lowest BCUT2D eigenvalue weighted by Gasteiger charge is -2.33. The van der Waals surface area contributed by atoms with Gasteiger partial charge in [-0.1, -0.05) is 0 Å².